The minimum atomic E-state index is -0.887. The predicted molar refractivity (Wildman–Crippen MR) is 238 cm³/mol. The van der Waals surface area contributed by atoms with Gasteiger partial charge >= 0.3 is 5.97 Å². The van der Waals surface area contributed by atoms with Gasteiger partial charge in [0.05, 0.1) is 32.2 Å². The maximum atomic E-state index is 15.4. The van der Waals surface area contributed by atoms with Gasteiger partial charge in [-0.05, 0) is 75.8 Å². The van der Waals surface area contributed by atoms with Gasteiger partial charge in [-0.15, -0.1) is 6.58 Å². The molecular weight excluding hydrogens is 765 g/mol. The van der Waals surface area contributed by atoms with E-state index in [9.17, 15) is 14.7 Å². The number of aliphatic hydroxyl groups is 1. The van der Waals surface area contributed by atoms with Crippen LogP contribution >= 0.6 is 0 Å². The Morgan fingerprint density at radius 2 is 1.33 bits per heavy atom. The summed E-state index contributed by atoms with van der Waals surface area (Å²) in [7, 11) is 1.59. The van der Waals surface area contributed by atoms with Crippen LogP contribution in [-0.4, -0.2) is 60.3 Å². The van der Waals surface area contributed by atoms with Crippen molar-refractivity contribution < 1.29 is 33.7 Å². The summed E-state index contributed by atoms with van der Waals surface area (Å²) in [6.45, 7) is 5.72. The van der Waals surface area contributed by atoms with E-state index in [0.29, 0.717) is 34.7 Å². The largest absolute Gasteiger partial charge is 0.497 e. The Labute approximate surface area is 357 Å². The van der Waals surface area contributed by atoms with Crippen LogP contribution < -0.4 is 14.4 Å². The lowest BCUT2D eigenvalue weighted by atomic mass is 9.93. The van der Waals surface area contributed by atoms with Crippen molar-refractivity contribution >= 4 is 23.5 Å². The first-order valence-corrected chi connectivity index (χ1v) is 20.5. The molecule has 1 heterocycles. The van der Waals surface area contributed by atoms with Crippen LogP contribution in [0, 0.1) is 0 Å². The van der Waals surface area contributed by atoms with Gasteiger partial charge in [0.2, 0.25) is 5.91 Å². The number of aliphatic hydroxyl groups excluding tert-OH is 1. The summed E-state index contributed by atoms with van der Waals surface area (Å²) >= 11 is 0. The molecule has 6 aromatic rings. The number of fused-ring (bicyclic) bond motifs is 1. The molecule has 9 nitrogen and oxygen atoms in total. The van der Waals surface area contributed by atoms with E-state index in [0.717, 1.165) is 33.4 Å². The highest BCUT2D eigenvalue weighted by atomic mass is 16.5. The Morgan fingerprint density at radius 1 is 0.754 bits per heavy atom. The van der Waals surface area contributed by atoms with E-state index in [1.54, 1.807) is 29.1 Å². The molecule has 1 aliphatic rings. The third-order valence-electron chi connectivity index (χ3n) is 10.9. The number of carbonyl (C=O) groups excluding carboxylic acids is 3. The number of ether oxygens (including phenoxy) is 3. The van der Waals surface area contributed by atoms with E-state index in [1.165, 1.54) is 6.92 Å². The van der Waals surface area contributed by atoms with Crippen molar-refractivity contribution in [2.45, 2.75) is 50.9 Å². The number of amides is 2. The molecule has 1 aliphatic heterocycles. The molecule has 0 fully saturated rings. The summed E-state index contributed by atoms with van der Waals surface area (Å²) in [5.74, 6) is 0.130. The number of anilines is 1. The lowest BCUT2D eigenvalue weighted by molar-refractivity contribution is -0.148. The second kappa shape index (κ2) is 19.9. The number of hydrogen-bond acceptors (Lipinski definition) is 7. The number of hydrogen-bond donors (Lipinski definition) is 1. The molecule has 1 N–H and O–H groups in total. The van der Waals surface area contributed by atoms with Gasteiger partial charge in [-0.25, -0.2) is 0 Å². The minimum Gasteiger partial charge on any atom is -0.497 e. The highest BCUT2D eigenvalue weighted by Crippen LogP contribution is 2.48. The van der Waals surface area contributed by atoms with E-state index < -0.39 is 24.2 Å². The Kier molecular flexibility index (Phi) is 13.7. The summed E-state index contributed by atoms with van der Waals surface area (Å²) < 4.78 is 17.6. The first-order chi connectivity index (χ1) is 29.8. The van der Waals surface area contributed by atoms with Crippen LogP contribution in [0.1, 0.15) is 52.9 Å². The second-order valence-electron chi connectivity index (χ2n) is 15.0. The number of benzene rings is 6. The Balaban J connectivity index is 1.38. The van der Waals surface area contributed by atoms with Crippen molar-refractivity contribution in [1.82, 2.24) is 4.90 Å². The fourth-order valence-corrected chi connectivity index (χ4v) is 8.01. The molecular formula is C52H50N2O7. The molecule has 0 saturated carbocycles. The van der Waals surface area contributed by atoms with Gasteiger partial charge < -0.3 is 29.1 Å². The van der Waals surface area contributed by atoms with Gasteiger partial charge in [0, 0.05) is 49.7 Å². The second-order valence-corrected chi connectivity index (χ2v) is 15.0. The highest BCUT2D eigenvalue weighted by Gasteiger charge is 2.50. The molecule has 0 bridgehead atoms. The van der Waals surface area contributed by atoms with Gasteiger partial charge in [0.1, 0.15) is 17.6 Å². The molecule has 0 aliphatic carbocycles. The van der Waals surface area contributed by atoms with E-state index in [-0.39, 0.29) is 44.4 Å². The summed E-state index contributed by atoms with van der Waals surface area (Å²) in [5, 5.41) is 9.53. The zero-order valence-electron chi connectivity index (χ0n) is 34.5. The van der Waals surface area contributed by atoms with Crippen LogP contribution in [0.5, 0.6) is 11.5 Å². The number of methoxy groups -OCH3 is 1. The van der Waals surface area contributed by atoms with Crippen LogP contribution in [-0.2, 0) is 27.3 Å². The van der Waals surface area contributed by atoms with E-state index >= 15 is 4.79 Å². The van der Waals surface area contributed by atoms with Gasteiger partial charge in [-0.1, -0.05) is 115 Å². The van der Waals surface area contributed by atoms with Gasteiger partial charge in [0.15, 0.2) is 0 Å². The quantitative estimate of drug-likeness (QED) is 0.0556. The van der Waals surface area contributed by atoms with Crippen LogP contribution in [0.4, 0.5) is 5.69 Å². The molecule has 0 spiro atoms. The molecule has 0 radical (unpaired) electrons. The van der Waals surface area contributed by atoms with Crippen LogP contribution in [0.15, 0.2) is 164 Å². The minimum absolute atomic E-state index is 0.0259. The predicted octanol–water partition coefficient (Wildman–Crippen LogP) is 9.64. The highest BCUT2D eigenvalue weighted by molar-refractivity contribution is 6.00. The summed E-state index contributed by atoms with van der Waals surface area (Å²) in [6, 6.07) is 46.8. The first kappa shape index (κ1) is 42.2. The summed E-state index contributed by atoms with van der Waals surface area (Å²) in [4.78, 5) is 46.7. The molecule has 3 atom stereocenters. The van der Waals surface area contributed by atoms with E-state index in [1.807, 2.05) is 133 Å². The van der Waals surface area contributed by atoms with E-state index in [2.05, 4.69) is 18.7 Å². The standard InChI is InChI=1S/C52H50N2O7/c1-4-12-48(61-36(2)56)51-50(46-34-45(60-32-11-31-55)29-30-47(46)54(51)49(57)33-37-19-27-44(59-3)28-20-37)53(35-38-17-21-41(22-18-38)39-13-7-5-8-14-39)52(58)43-25-23-42(24-26-43)40-15-9-6-10-16-40/h4-10,13-30,34,48,50-51,55H,1,11-12,31-33,35H2,2-3H3/t48?,50-,51+/m0/s1. The molecule has 2 amide bonds. The smallest absolute Gasteiger partial charge is 0.302 e. The number of rotatable bonds is 17. The Bertz CT molecular complexity index is 2420. The van der Waals surface area contributed by atoms with Crippen molar-refractivity contribution in [3.63, 3.8) is 0 Å². The summed E-state index contributed by atoms with van der Waals surface area (Å²) in [5.41, 5.74) is 7.39. The topological polar surface area (TPSA) is 106 Å². The summed E-state index contributed by atoms with van der Waals surface area (Å²) in [6.07, 6.45) is 1.44. The molecule has 1 unspecified atom stereocenters. The lowest BCUT2D eigenvalue weighted by Crippen LogP contribution is -2.53. The van der Waals surface area contributed by atoms with Crippen molar-refractivity contribution in [1.29, 1.82) is 0 Å². The van der Waals surface area contributed by atoms with Crippen molar-refractivity contribution in [2.75, 3.05) is 25.2 Å². The zero-order valence-corrected chi connectivity index (χ0v) is 34.5. The van der Waals surface area contributed by atoms with Crippen LogP contribution in [0.25, 0.3) is 22.3 Å². The molecule has 0 saturated heterocycles. The molecule has 7 rings (SSSR count). The molecule has 6 aromatic carbocycles. The zero-order chi connectivity index (χ0) is 42.7. The maximum absolute atomic E-state index is 15.4. The molecule has 9 heteroatoms. The molecule has 310 valence electrons. The Morgan fingerprint density at radius 3 is 1.90 bits per heavy atom. The average molecular weight is 815 g/mol. The molecule has 0 aromatic heterocycles. The third-order valence-corrected chi connectivity index (χ3v) is 10.9. The van der Waals surface area contributed by atoms with Crippen molar-refractivity contribution in [3.8, 4) is 33.8 Å². The fourth-order valence-electron chi connectivity index (χ4n) is 8.01. The lowest BCUT2D eigenvalue weighted by Gasteiger charge is -2.39. The first-order valence-electron chi connectivity index (χ1n) is 20.5. The van der Waals surface area contributed by atoms with E-state index in [4.69, 9.17) is 14.2 Å². The van der Waals surface area contributed by atoms with Gasteiger partial charge in [-0.2, -0.15) is 0 Å². The number of esters is 1. The monoisotopic (exact) mass is 814 g/mol. The van der Waals surface area contributed by atoms with Crippen molar-refractivity contribution in [3.05, 3.63) is 187 Å². The SMILES string of the molecule is C=CCC(OC(C)=O)[C@@H]1[C@@H](N(Cc2ccc(-c3ccccc3)cc2)C(=O)c2ccc(-c3ccccc3)cc2)c2cc(OCCCO)ccc2N1C(=O)Cc1ccc(OC)cc1. The van der Waals surface area contributed by atoms with Crippen LogP contribution in [0.2, 0.25) is 0 Å². The Hall–Kier alpha value is -6.97. The van der Waals surface area contributed by atoms with Gasteiger partial charge in [0.25, 0.3) is 5.91 Å². The van der Waals surface area contributed by atoms with Crippen molar-refractivity contribution in [2.24, 2.45) is 0 Å². The number of nitrogens with zero attached hydrogens (tertiary/aromatic N) is 2. The van der Waals surface area contributed by atoms with Crippen LogP contribution in [0.3, 0.4) is 0 Å². The van der Waals surface area contributed by atoms with Gasteiger partial charge in [-0.3, -0.25) is 14.4 Å². The normalized spacial score (nSPS) is 14.7. The maximum Gasteiger partial charge on any atom is 0.302 e. The fraction of sp³-hybridized carbons (Fsp3) is 0.212. The molecule has 61 heavy (non-hydrogen) atoms. The third kappa shape index (κ3) is 9.91. The average Bonchev–Trinajstić information content (AvgIpc) is 3.63. The number of carbonyl (C=O) groups is 3.